The summed E-state index contributed by atoms with van der Waals surface area (Å²) >= 11 is 0. The Hall–Kier alpha value is -1.79. The zero-order valence-corrected chi connectivity index (χ0v) is 6.63. The van der Waals surface area contributed by atoms with Gasteiger partial charge in [-0.25, -0.2) is 0 Å². The van der Waals surface area contributed by atoms with Gasteiger partial charge in [0.2, 0.25) is 0 Å². The van der Waals surface area contributed by atoms with Crippen molar-refractivity contribution in [3.63, 3.8) is 0 Å². The van der Waals surface area contributed by atoms with Gasteiger partial charge in [0.05, 0.1) is 5.56 Å². The molecule has 0 saturated heterocycles. The largest absolute Gasteiger partial charge is 0.505 e. The van der Waals surface area contributed by atoms with E-state index in [1.54, 1.807) is 0 Å². The predicted octanol–water partition coefficient (Wildman–Crippen LogP) is 1.68. The molecule has 4 nitrogen and oxygen atoms in total. The lowest BCUT2D eigenvalue weighted by atomic mass is 10.1. The molecule has 14 heavy (non-hydrogen) atoms. The molecular weight excluding hydrogens is 199 g/mol. The molecule has 2 rings (SSSR count). The molecule has 0 saturated carbocycles. The van der Waals surface area contributed by atoms with E-state index in [1.807, 2.05) is 0 Å². The van der Waals surface area contributed by atoms with Gasteiger partial charge in [-0.2, -0.15) is 28.6 Å². The lowest BCUT2D eigenvalue weighted by molar-refractivity contribution is -0.138. The summed E-state index contributed by atoms with van der Waals surface area (Å²) in [5.74, 6) is -0.899. The predicted molar refractivity (Wildman–Crippen MR) is 40.6 cm³/mol. The lowest BCUT2D eigenvalue weighted by Gasteiger charge is -2.07. The molecule has 7 heteroatoms. The second-order valence-electron chi connectivity index (χ2n) is 2.65. The van der Waals surface area contributed by atoms with Gasteiger partial charge >= 0.3 is 6.18 Å². The number of H-pyrrole nitrogens is 1. The molecule has 0 aliphatic rings. The Kier molecular flexibility index (Phi) is 1.63. The van der Waals surface area contributed by atoms with Crippen LogP contribution in [0.3, 0.4) is 0 Å². The summed E-state index contributed by atoms with van der Waals surface area (Å²) in [6, 6.07) is 1.90. The fourth-order valence-corrected chi connectivity index (χ4v) is 1.13. The molecule has 0 fully saturated rings. The second-order valence-corrected chi connectivity index (χ2v) is 2.65. The van der Waals surface area contributed by atoms with Crippen molar-refractivity contribution in [3.05, 3.63) is 17.7 Å². The zero-order chi connectivity index (χ0) is 10.3. The van der Waals surface area contributed by atoms with Crippen LogP contribution < -0.4 is 0 Å². The van der Waals surface area contributed by atoms with Crippen LogP contribution >= 0.6 is 0 Å². The Bertz CT molecular complexity index is 476. The van der Waals surface area contributed by atoms with E-state index in [9.17, 15) is 18.3 Å². The Labute approximate surface area is 75.4 Å². The first-order valence-corrected chi connectivity index (χ1v) is 3.60. The Morgan fingerprint density at radius 2 is 1.93 bits per heavy atom. The van der Waals surface area contributed by atoms with Crippen molar-refractivity contribution in [1.82, 2.24) is 15.4 Å². The number of hydrogen-bond acceptors (Lipinski definition) is 3. The first-order chi connectivity index (χ1) is 6.50. The third-order valence-corrected chi connectivity index (χ3v) is 1.77. The summed E-state index contributed by atoms with van der Waals surface area (Å²) < 4.78 is 36.8. The standard InChI is InChI=1S/C7H4F3N3O/c8-7(9,10)3-1-2-4-5(6(3)14)12-13-11-4/h1-2,14H,(H,11,12,13). The van der Waals surface area contributed by atoms with Crippen molar-refractivity contribution < 1.29 is 18.3 Å². The van der Waals surface area contributed by atoms with E-state index in [4.69, 9.17) is 0 Å². The topological polar surface area (TPSA) is 61.8 Å². The molecule has 1 aromatic heterocycles. The number of phenolic OH excluding ortho intramolecular Hbond substituents is 1. The Morgan fingerprint density at radius 1 is 1.21 bits per heavy atom. The van der Waals surface area contributed by atoms with Gasteiger partial charge in [-0.15, -0.1) is 0 Å². The van der Waals surface area contributed by atoms with Crippen LogP contribution in [-0.2, 0) is 6.18 Å². The number of aromatic hydroxyl groups is 1. The Morgan fingerprint density at radius 3 is 2.57 bits per heavy atom. The molecular formula is C7H4F3N3O. The van der Waals surface area contributed by atoms with E-state index in [0.717, 1.165) is 12.1 Å². The van der Waals surface area contributed by atoms with Crippen molar-refractivity contribution >= 4 is 11.0 Å². The van der Waals surface area contributed by atoms with Gasteiger partial charge in [-0.1, -0.05) is 0 Å². The van der Waals surface area contributed by atoms with Crippen LogP contribution in [0.2, 0.25) is 0 Å². The number of hydrogen-bond donors (Lipinski definition) is 2. The summed E-state index contributed by atoms with van der Waals surface area (Å²) in [5, 5.41) is 18.3. The number of aromatic nitrogens is 3. The van der Waals surface area contributed by atoms with E-state index >= 15 is 0 Å². The van der Waals surface area contributed by atoms with Gasteiger partial charge < -0.3 is 5.11 Å². The van der Waals surface area contributed by atoms with Gasteiger partial charge in [0.25, 0.3) is 0 Å². The monoisotopic (exact) mass is 203 g/mol. The fraction of sp³-hybridized carbons (Fsp3) is 0.143. The van der Waals surface area contributed by atoms with Crippen molar-refractivity contribution in [2.24, 2.45) is 0 Å². The molecule has 0 atom stereocenters. The fourth-order valence-electron chi connectivity index (χ4n) is 1.13. The number of nitrogens with one attached hydrogen (secondary N) is 1. The number of alkyl halides is 3. The van der Waals surface area contributed by atoms with Crippen LogP contribution in [0.5, 0.6) is 5.75 Å². The summed E-state index contributed by atoms with van der Waals surface area (Å²) in [6.07, 6.45) is -4.59. The molecule has 0 bridgehead atoms. The summed E-state index contributed by atoms with van der Waals surface area (Å²) in [6.45, 7) is 0. The molecule has 0 amide bonds. The molecule has 0 aliphatic heterocycles. The number of fused-ring (bicyclic) bond motifs is 1. The molecule has 0 unspecified atom stereocenters. The molecule has 1 heterocycles. The summed E-state index contributed by atoms with van der Waals surface area (Å²) in [7, 11) is 0. The Balaban J connectivity index is 2.74. The van der Waals surface area contributed by atoms with Crippen LogP contribution in [0.25, 0.3) is 11.0 Å². The van der Waals surface area contributed by atoms with Crippen molar-refractivity contribution in [3.8, 4) is 5.75 Å². The first kappa shape index (κ1) is 8.79. The average molecular weight is 203 g/mol. The summed E-state index contributed by atoms with van der Waals surface area (Å²) in [5.41, 5.74) is -1.10. The molecule has 0 radical (unpaired) electrons. The lowest BCUT2D eigenvalue weighted by Crippen LogP contribution is -2.05. The SMILES string of the molecule is Oc1c(C(F)(F)F)ccc2n[nH]nc12. The van der Waals surface area contributed by atoms with Crippen LogP contribution in [0.4, 0.5) is 13.2 Å². The third-order valence-electron chi connectivity index (χ3n) is 1.77. The minimum Gasteiger partial charge on any atom is -0.505 e. The number of nitrogens with zero attached hydrogens (tertiary/aromatic N) is 2. The van der Waals surface area contributed by atoms with Crippen molar-refractivity contribution in [1.29, 1.82) is 0 Å². The van der Waals surface area contributed by atoms with Crippen molar-refractivity contribution in [2.75, 3.05) is 0 Å². The smallest absolute Gasteiger partial charge is 0.420 e. The first-order valence-electron chi connectivity index (χ1n) is 3.60. The normalized spacial score (nSPS) is 12.2. The molecule has 0 aliphatic carbocycles. The van der Waals surface area contributed by atoms with E-state index in [-0.39, 0.29) is 11.0 Å². The van der Waals surface area contributed by atoms with E-state index < -0.39 is 17.5 Å². The molecule has 2 N–H and O–H groups in total. The molecule has 74 valence electrons. The van der Waals surface area contributed by atoms with Crippen LogP contribution in [0.15, 0.2) is 12.1 Å². The number of halogens is 3. The van der Waals surface area contributed by atoms with Gasteiger partial charge in [0.1, 0.15) is 5.52 Å². The molecule has 1 aromatic carbocycles. The minimum absolute atomic E-state index is 0.181. The van der Waals surface area contributed by atoms with E-state index in [2.05, 4.69) is 15.4 Å². The van der Waals surface area contributed by atoms with Crippen molar-refractivity contribution in [2.45, 2.75) is 6.18 Å². The van der Waals surface area contributed by atoms with E-state index in [0.29, 0.717) is 0 Å². The maximum atomic E-state index is 12.3. The highest BCUT2D eigenvalue weighted by Crippen LogP contribution is 2.38. The zero-order valence-electron chi connectivity index (χ0n) is 6.63. The van der Waals surface area contributed by atoms with E-state index in [1.165, 1.54) is 0 Å². The third kappa shape index (κ3) is 1.17. The van der Waals surface area contributed by atoms with Gasteiger partial charge in [0, 0.05) is 0 Å². The highest BCUT2D eigenvalue weighted by atomic mass is 19.4. The molecule has 0 spiro atoms. The maximum absolute atomic E-state index is 12.3. The van der Waals surface area contributed by atoms with Crippen LogP contribution in [0, 0.1) is 0 Å². The number of aromatic amines is 1. The number of phenols is 1. The van der Waals surface area contributed by atoms with Crippen LogP contribution in [-0.4, -0.2) is 20.5 Å². The quantitative estimate of drug-likeness (QED) is 0.684. The maximum Gasteiger partial charge on any atom is 0.420 e. The van der Waals surface area contributed by atoms with Gasteiger partial charge in [-0.3, -0.25) is 0 Å². The number of benzene rings is 1. The highest BCUT2D eigenvalue weighted by Gasteiger charge is 2.35. The van der Waals surface area contributed by atoms with Gasteiger partial charge in [-0.05, 0) is 12.1 Å². The number of rotatable bonds is 0. The van der Waals surface area contributed by atoms with Crippen LogP contribution in [0.1, 0.15) is 5.56 Å². The second kappa shape index (κ2) is 2.60. The summed E-state index contributed by atoms with van der Waals surface area (Å²) in [4.78, 5) is 0. The minimum atomic E-state index is -4.59. The highest BCUT2D eigenvalue weighted by molar-refractivity contribution is 5.81. The average Bonchev–Trinajstić information content (AvgIpc) is 2.50. The molecule has 2 aromatic rings. The van der Waals surface area contributed by atoms with Gasteiger partial charge in [0.15, 0.2) is 11.3 Å².